The molecule has 0 spiro atoms. The molecule has 1 aliphatic rings. The highest BCUT2D eigenvalue weighted by Crippen LogP contribution is 2.18. The molecule has 156 valence electrons. The van der Waals surface area contributed by atoms with Crippen molar-refractivity contribution in [1.82, 2.24) is 5.32 Å². The molecule has 4 N–H and O–H groups in total. The Labute approximate surface area is 172 Å². The SMILES string of the molecule is Cc1cccc(C)c1NC(=O)C[NH+]1CC[NH+](CC(=O)N[C@H](C)c2ccco2)CC1. The van der Waals surface area contributed by atoms with E-state index in [4.69, 9.17) is 4.42 Å². The zero-order chi connectivity index (χ0) is 20.8. The molecule has 3 rings (SSSR count). The van der Waals surface area contributed by atoms with Gasteiger partial charge in [-0.2, -0.15) is 0 Å². The highest BCUT2D eigenvalue weighted by molar-refractivity contribution is 5.93. The third-order valence-electron chi connectivity index (χ3n) is 5.58. The Morgan fingerprint density at radius 2 is 1.55 bits per heavy atom. The van der Waals surface area contributed by atoms with Gasteiger partial charge in [-0.05, 0) is 44.0 Å². The van der Waals surface area contributed by atoms with Crippen molar-refractivity contribution in [3.8, 4) is 0 Å². The Balaban J connectivity index is 1.40. The maximum absolute atomic E-state index is 12.5. The minimum atomic E-state index is -0.127. The number of anilines is 1. The molecule has 1 atom stereocenters. The first-order chi connectivity index (χ1) is 13.9. The standard InChI is InChI=1S/C22H30N4O3/c1-16-6-4-7-17(2)22(16)24-21(28)15-26-11-9-25(10-12-26)14-20(27)23-18(3)19-8-5-13-29-19/h4-8,13,18H,9-12,14-15H2,1-3H3,(H,23,27)(H,24,28)/p+2/t18-/m1/s1. The van der Waals surface area contributed by atoms with E-state index in [9.17, 15) is 9.59 Å². The fraction of sp³-hybridized carbons (Fsp3) is 0.455. The van der Waals surface area contributed by atoms with Crippen molar-refractivity contribution < 1.29 is 23.8 Å². The monoisotopic (exact) mass is 400 g/mol. The molecule has 7 heteroatoms. The van der Waals surface area contributed by atoms with Crippen LogP contribution in [0.15, 0.2) is 41.0 Å². The molecule has 29 heavy (non-hydrogen) atoms. The predicted molar refractivity (Wildman–Crippen MR) is 111 cm³/mol. The number of hydrogen-bond acceptors (Lipinski definition) is 3. The van der Waals surface area contributed by atoms with Crippen molar-refractivity contribution in [2.45, 2.75) is 26.8 Å². The van der Waals surface area contributed by atoms with Gasteiger partial charge in [0.05, 0.1) is 12.3 Å². The lowest BCUT2D eigenvalue weighted by Crippen LogP contribution is -3.28. The molecule has 2 amide bonds. The number of rotatable bonds is 7. The first kappa shape index (κ1) is 21.1. The van der Waals surface area contributed by atoms with E-state index in [2.05, 4.69) is 10.6 Å². The number of hydrogen-bond donors (Lipinski definition) is 4. The van der Waals surface area contributed by atoms with Gasteiger partial charge in [0.1, 0.15) is 31.9 Å². The van der Waals surface area contributed by atoms with E-state index >= 15 is 0 Å². The van der Waals surface area contributed by atoms with Crippen LogP contribution in [0, 0.1) is 13.8 Å². The molecule has 1 aromatic heterocycles. The van der Waals surface area contributed by atoms with Gasteiger partial charge >= 0.3 is 0 Å². The zero-order valence-electron chi connectivity index (χ0n) is 17.5. The molecular formula is C22H32N4O3+2. The third-order valence-corrected chi connectivity index (χ3v) is 5.58. The van der Waals surface area contributed by atoms with Gasteiger partial charge in [0.15, 0.2) is 13.1 Å². The van der Waals surface area contributed by atoms with Crippen LogP contribution in [0.4, 0.5) is 5.69 Å². The number of quaternary nitrogens is 2. The first-order valence-electron chi connectivity index (χ1n) is 10.3. The largest absolute Gasteiger partial charge is 0.467 e. The zero-order valence-corrected chi connectivity index (χ0v) is 17.5. The smallest absolute Gasteiger partial charge is 0.279 e. The molecule has 7 nitrogen and oxygen atoms in total. The van der Waals surface area contributed by atoms with Crippen LogP contribution >= 0.6 is 0 Å². The number of amides is 2. The van der Waals surface area contributed by atoms with Crippen molar-refractivity contribution >= 4 is 17.5 Å². The highest BCUT2D eigenvalue weighted by atomic mass is 16.3. The minimum absolute atomic E-state index is 0.0279. The van der Waals surface area contributed by atoms with Crippen LogP contribution in [0.5, 0.6) is 0 Å². The third kappa shape index (κ3) is 5.92. The lowest BCUT2D eigenvalue weighted by Gasteiger charge is -2.29. The number of benzene rings is 1. The highest BCUT2D eigenvalue weighted by Gasteiger charge is 2.27. The minimum Gasteiger partial charge on any atom is -0.467 e. The topological polar surface area (TPSA) is 80.2 Å². The summed E-state index contributed by atoms with van der Waals surface area (Å²) >= 11 is 0. The summed E-state index contributed by atoms with van der Waals surface area (Å²) < 4.78 is 5.33. The Morgan fingerprint density at radius 3 is 2.10 bits per heavy atom. The van der Waals surface area contributed by atoms with Crippen LogP contribution in [0.1, 0.15) is 29.9 Å². The summed E-state index contributed by atoms with van der Waals surface area (Å²) in [5.41, 5.74) is 3.08. The number of aryl methyl sites for hydroxylation is 2. The Morgan fingerprint density at radius 1 is 0.966 bits per heavy atom. The summed E-state index contributed by atoms with van der Waals surface area (Å²) in [6, 6.07) is 9.58. The number of carbonyl (C=O) groups is 2. The lowest BCUT2D eigenvalue weighted by molar-refractivity contribution is -1.00. The van der Waals surface area contributed by atoms with Gasteiger partial charge in [0, 0.05) is 5.69 Å². The van der Waals surface area contributed by atoms with Crippen LogP contribution in [-0.2, 0) is 9.59 Å². The number of piperazine rings is 1. The Bertz CT molecular complexity index is 806. The molecule has 2 aromatic rings. The van der Waals surface area contributed by atoms with Crippen LogP contribution < -0.4 is 20.4 Å². The van der Waals surface area contributed by atoms with Crippen LogP contribution in [0.2, 0.25) is 0 Å². The van der Waals surface area contributed by atoms with Gasteiger partial charge < -0.3 is 24.9 Å². The maximum atomic E-state index is 12.5. The van der Waals surface area contributed by atoms with Gasteiger partial charge in [-0.1, -0.05) is 18.2 Å². The Kier molecular flexibility index (Phi) is 7.06. The van der Waals surface area contributed by atoms with E-state index in [1.807, 2.05) is 51.1 Å². The van der Waals surface area contributed by atoms with E-state index in [-0.39, 0.29) is 17.9 Å². The average Bonchev–Trinajstić information content (AvgIpc) is 3.21. The van der Waals surface area contributed by atoms with Crippen LogP contribution in [0.3, 0.4) is 0 Å². The lowest BCUT2D eigenvalue weighted by atomic mass is 10.1. The predicted octanol–water partition coefficient (Wildman–Crippen LogP) is -0.504. The normalized spacial score (nSPS) is 20.1. The second-order valence-corrected chi connectivity index (χ2v) is 7.97. The van der Waals surface area contributed by atoms with Gasteiger partial charge in [-0.15, -0.1) is 0 Å². The molecule has 1 aromatic carbocycles. The van der Waals surface area contributed by atoms with Crippen molar-refractivity contribution in [3.05, 3.63) is 53.5 Å². The van der Waals surface area contributed by atoms with Gasteiger partial charge in [0.2, 0.25) is 0 Å². The fourth-order valence-corrected chi connectivity index (χ4v) is 3.86. The molecule has 0 unspecified atom stereocenters. The number of carbonyl (C=O) groups excluding carboxylic acids is 2. The summed E-state index contributed by atoms with van der Waals surface area (Å²) in [7, 11) is 0. The maximum Gasteiger partial charge on any atom is 0.279 e. The van der Waals surface area contributed by atoms with Crippen molar-refractivity contribution in [2.75, 3.05) is 44.6 Å². The molecule has 1 fully saturated rings. The number of furan rings is 1. The van der Waals surface area contributed by atoms with E-state index in [0.717, 1.165) is 48.8 Å². The molecule has 1 aliphatic heterocycles. The van der Waals surface area contributed by atoms with E-state index < -0.39 is 0 Å². The van der Waals surface area contributed by atoms with Gasteiger partial charge in [0.25, 0.3) is 11.8 Å². The summed E-state index contributed by atoms with van der Waals surface area (Å²) in [4.78, 5) is 27.3. The van der Waals surface area contributed by atoms with E-state index in [0.29, 0.717) is 13.1 Å². The van der Waals surface area contributed by atoms with Crippen molar-refractivity contribution in [1.29, 1.82) is 0 Å². The van der Waals surface area contributed by atoms with Crippen molar-refractivity contribution in [2.24, 2.45) is 0 Å². The molecule has 0 bridgehead atoms. The van der Waals surface area contributed by atoms with E-state index in [1.165, 1.54) is 9.80 Å². The quantitative estimate of drug-likeness (QED) is 0.506. The van der Waals surface area contributed by atoms with E-state index in [1.54, 1.807) is 6.26 Å². The summed E-state index contributed by atoms with van der Waals surface area (Å²) in [6.45, 7) is 10.4. The average molecular weight is 401 g/mol. The summed E-state index contributed by atoms with van der Waals surface area (Å²) in [5.74, 6) is 0.837. The Hall–Kier alpha value is -2.64. The fourth-order valence-electron chi connectivity index (χ4n) is 3.86. The van der Waals surface area contributed by atoms with Gasteiger partial charge in [-0.25, -0.2) is 0 Å². The van der Waals surface area contributed by atoms with Crippen molar-refractivity contribution in [3.63, 3.8) is 0 Å². The van der Waals surface area contributed by atoms with Crippen LogP contribution in [0.25, 0.3) is 0 Å². The van der Waals surface area contributed by atoms with Crippen LogP contribution in [-0.4, -0.2) is 51.1 Å². The number of para-hydroxylation sites is 1. The molecular weight excluding hydrogens is 368 g/mol. The van der Waals surface area contributed by atoms with Gasteiger partial charge in [-0.3, -0.25) is 9.59 Å². The number of nitrogens with one attached hydrogen (secondary N) is 4. The molecule has 0 saturated carbocycles. The second kappa shape index (κ2) is 9.71. The first-order valence-corrected chi connectivity index (χ1v) is 10.3. The summed E-state index contributed by atoms with van der Waals surface area (Å²) in [5, 5.41) is 6.05. The second-order valence-electron chi connectivity index (χ2n) is 7.97. The molecule has 0 aliphatic carbocycles. The summed E-state index contributed by atoms with van der Waals surface area (Å²) in [6.07, 6.45) is 1.61. The molecule has 1 saturated heterocycles. The molecule has 2 heterocycles. The molecule has 0 radical (unpaired) electrons.